The molecule has 0 aliphatic carbocycles. The number of piperidine rings is 1. The normalized spacial score (nSPS) is 21.5. The summed E-state index contributed by atoms with van der Waals surface area (Å²) in [6.45, 7) is 2.63. The van der Waals surface area contributed by atoms with Crippen molar-refractivity contribution < 1.29 is 8.42 Å². The molecule has 1 aromatic rings. The van der Waals surface area contributed by atoms with Crippen molar-refractivity contribution >= 4 is 37.6 Å². The van der Waals surface area contributed by atoms with E-state index < -0.39 is 10.0 Å². The number of halogens is 2. The van der Waals surface area contributed by atoms with Crippen LogP contribution < -0.4 is 0 Å². The van der Waals surface area contributed by atoms with Gasteiger partial charge in [0.1, 0.15) is 0 Å². The van der Waals surface area contributed by atoms with Crippen molar-refractivity contribution in [3.05, 3.63) is 27.7 Å². The highest BCUT2D eigenvalue weighted by molar-refractivity contribution is 9.10. The molecule has 2 rings (SSSR count). The van der Waals surface area contributed by atoms with Gasteiger partial charge in [0.15, 0.2) is 0 Å². The van der Waals surface area contributed by atoms with E-state index in [1.807, 2.05) is 6.92 Å². The Morgan fingerprint density at radius 2 is 2.16 bits per heavy atom. The Kier molecular flexibility index (Phi) is 4.93. The van der Waals surface area contributed by atoms with Gasteiger partial charge in [0, 0.05) is 22.1 Å². The van der Waals surface area contributed by atoms with E-state index in [0.717, 1.165) is 25.7 Å². The number of sulfonamides is 1. The summed E-state index contributed by atoms with van der Waals surface area (Å²) in [5.41, 5.74) is 0. The van der Waals surface area contributed by atoms with Gasteiger partial charge in [-0.25, -0.2) is 8.42 Å². The Balaban J connectivity index is 2.43. The molecule has 0 bridgehead atoms. The summed E-state index contributed by atoms with van der Waals surface area (Å²) in [6, 6.07) is 4.98. The molecule has 0 aromatic heterocycles. The first-order chi connectivity index (χ1) is 8.96. The predicted molar refractivity (Wildman–Crippen MR) is 81.0 cm³/mol. The van der Waals surface area contributed by atoms with Crippen LogP contribution in [0.15, 0.2) is 27.6 Å². The standard InChI is InChI=1S/C13H17BrClNO2S/c1-2-11-5-3-4-8-16(11)19(17,18)13-9-10(15)6-7-12(13)14/h6-7,9,11H,2-5,8H2,1H3/t11-/m0/s1. The van der Waals surface area contributed by atoms with Crippen LogP contribution in [0.1, 0.15) is 32.6 Å². The molecule has 6 heteroatoms. The van der Waals surface area contributed by atoms with Crippen LogP contribution in [0.3, 0.4) is 0 Å². The molecule has 19 heavy (non-hydrogen) atoms. The number of nitrogens with zero attached hydrogens (tertiary/aromatic N) is 1. The van der Waals surface area contributed by atoms with E-state index in [0.29, 0.717) is 16.0 Å². The van der Waals surface area contributed by atoms with E-state index in [-0.39, 0.29) is 10.9 Å². The molecule has 0 unspecified atom stereocenters. The SMILES string of the molecule is CC[C@H]1CCCCN1S(=O)(=O)c1cc(Cl)ccc1Br. The molecule has 0 spiro atoms. The minimum Gasteiger partial charge on any atom is -0.207 e. The van der Waals surface area contributed by atoms with Gasteiger partial charge in [-0.3, -0.25) is 0 Å². The predicted octanol–water partition coefficient (Wildman–Crippen LogP) is 4.06. The van der Waals surface area contributed by atoms with Crippen molar-refractivity contribution in [3.63, 3.8) is 0 Å². The second kappa shape index (κ2) is 6.12. The highest BCUT2D eigenvalue weighted by atomic mass is 79.9. The lowest BCUT2D eigenvalue weighted by molar-refractivity contribution is 0.246. The van der Waals surface area contributed by atoms with Gasteiger partial charge >= 0.3 is 0 Å². The van der Waals surface area contributed by atoms with Gasteiger partial charge < -0.3 is 0 Å². The molecule has 0 radical (unpaired) electrons. The molecule has 1 aliphatic heterocycles. The summed E-state index contributed by atoms with van der Waals surface area (Å²) in [5.74, 6) is 0. The molecule has 1 fully saturated rings. The maximum Gasteiger partial charge on any atom is 0.244 e. The van der Waals surface area contributed by atoms with Crippen LogP contribution in [0.4, 0.5) is 0 Å². The molecule has 1 aliphatic rings. The van der Waals surface area contributed by atoms with Crippen molar-refractivity contribution in [1.29, 1.82) is 0 Å². The molecule has 1 saturated heterocycles. The highest BCUT2D eigenvalue weighted by Gasteiger charge is 2.33. The Morgan fingerprint density at radius 3 is 2.84 bits per heavy atom. The molecule has 1 heterocycles. The fraction of sp³-hybridized carbons (Fsp3) is 0.538. The van der Waals surface area contributed by atoms with E-state index >= 15 is 0 Å². The minimum atomic E-state index is -3.47. The van der Waals surface area contributed by atoms with Gasteiger partial charge in [0.25, 0.3) is 0 Å². The van der Waals surface area contributed by atoms with E-state index in [1.54, 1.807) is 16.4 Å². The third kappa shape index (κ3) is 3.15. The summed E-state index contributed by atoms with van der Waals surface area (Å²) >= 11 is 9.24. The van der Waals surface area contributed by atoms with Crippen LogP contribution in [0.5, 0.6) is 0 Å². The van der Waals surface area contributed by atoms with Gasteiger partial charge in [0.2, 0.25) is 10.0 Å². The van der Waals surface area contributed by atoms with E-state index in [2.05, 4.69) is 15.9 Å². The van der Waals surface area contributed by atoms with Crippen LogP contribution in [0, 0.1) is 0 Å². The van der Waals surface area contributed by atoms with Gasteiger partial charge in [-0.2, -0.15) is 4.31 Å². The average molecular weight is 367 g/mol. The Hall–Kier alpha value is -0.100. The van der Waals surface area contributed by atoms with Crippen molar-refractivity contribution in [1.82, 2.24) is 4.31 Å². The second-order valence-electron chi connectivity index (χ2n) is 4.75. The third-order valence-electron chi connectivity index (χ3n) is 3.52. The topological polar surface area (TPSA) is 37.4 Å². The maximum absolute atomic E-state index is 12.8. The summed E-state index contributed by atoms with van der Waals surface area (Å²) < 4.78 is 27.7. The quantitative estimate of drug-likeness (QED) is 0.809. The molecule has 1 atom stereocenters. The first-order valence-corrected chi connectivity index (χ1v) is 9.05. The third-order valence-corrected chi connectivity index (χ3v) is 6.71. The first-order valence-electron chi connectivity index (χ1n) is 6.43. The van der Waals surface area contributed by atoms with Crippen molar-refractivity contribution in [2.75, 3.05) is 6.54 Å². The van der Waals surface area contributed by atoms with Gasteiger partial charge in [-0.05, 0) is 53.4 Å². The molecular weight excluding hydrogens is 350 g/mol. The average Bonchev–Trinajstić information content (AvgIpc) is 2.41. The van der Waals surface area contributed by atoms with Crippen molar-refractivity contribution in [2.24, 2.45) is 0 Å². The summed E-state index contributed by atoms with van der Waals surface area (Å²) in [6.07, 6.45) is 3.81. The lowest BCUT2D eigenvalue weighted by Gasteiger charge is -2.34. The highest BCUT2D eigenvalue weighted by Crippen LogP contribution is 2.32. The fourth-order valence-electron chi connectivity index (χ4n) is 2.50. The zero-order chi connectivity index (χ0) is 14.0. The number of rotatable bonds is 3. The largest absolute Gasteiger partial charge is 0.244 e. The smallest absolute Gasteiger partial charge is 0.207 e. The summed E-state index contributed by atoms with van der Waals surface area (Å²) in [4.78, 5) is 0.264. The number of hydrogen-bond donors (Lipinski definition) is 0. The van der Waals surface area contributed by atoms with E-state index in [1.165, 1.54) is 6.07 Å². The summed E-state index contributed by atoms with van der Waals surface area (Å²) in [7, 11) is -3.47. The maximum atomic E-state index is 12.8. The fourth-order valence-corrected chi connectivity index (χ4v) is 5.46. The zero-order valence-corrected chi connectivity index (χ0v) is 13.9. The van der Waals surface area contributed by atoms with Crippen LogP contribution in [-0.4, -0.2) is 25.3 Å². The minimum absolute atomic E-state index is 0.102. The second-order valence-corrected chi connectivity index (χ2v) is 7.90. The van der Waals surface area contributed by atoms with Crippen molar-refractivity contribution in [3.8, 4) is 0 Å². The van der Waals surface area contributed by atoms with Crippen LogP contribution in [-0.2, 0) is 10.0 Å². The zero-order valence-electron chi connectivity index (χ0n) is 10.8. The monoisotopic (exact) mass is 365 g/mol. The molecule has 0 saturated carbocycles. The van der Waals surface area contributed by atoms with Gasteiger partial charge in [-0.15, -0.1) is 0 Å². The molecule has 0 N–H and O–H groups in total. The molecule has 106 valence electrons. The molecule has 0 amide bonds. The Labute approximate surface area is 128 Å². The van der Waals surface area contributed by atoms with Gasteiger partial charge in [0.05, 0.1) is 4.90 Å². The van der Waals surface area contributed by atoms with E-state index in [9.17, 15) is 8.42 Å². The van der Waals surface area contributed by atoms with Crippen molar-refractivity contribution in [2.45, 2.75) is 43.5 Å². The Morgan fingerprint density at radius 1 is 1.42 bits per heavy atom. The first kappa shape index (κ1) is 15.3. The molecule has 1 aromatic carbocycles. The number of hydrogen-bond acceptors (Lipinski definition) is 2. The molecule has 3 nitrogen and oxygen atoms in total. The van der Waals surface area contributed by atoms with Gasteiger partial charge in [-0.1, -0.05) is 24.9 Å². The lowest BCUT2D eigenvalue weighted by atomic mass is 10.0. The van der Waals surface area contributed by atoms with E-state index in [4.69, 9.17) is 11.6 Å². The van der Waals surface area contributed by atoms with Crippen LogP contribution >= 0.6 is 27.5 Å². The Bertz CT molecular complexity index is 562. The summed E-state index contributed by atoms with van der Waals surface area (Å²) in [5, 5.41) is 0.437. The molecular formula is C13H17BrClNO2S. The van der Waals surface area contributed by atoms with Crippen LogP contribution in [0.2, 0.25) is 5.02 Å². The number of benzene rings is 1. The lowest BCUT2D eigenvalue weighted by Crippen LogP contribution is -2.43. The van der Waals surface area contributed by atoms with Crippen LogP contribution in [0.25, 0.3) is 0 Å².